The van der Waals surface area contributed by atoms with Crippen LogP contribution >= 0.6 is 0 Å². The van der Waals surface area contributed by atoms with Gasteiger partial charge in [0.05, 0.1) is 0 Å². The highest BCUT2D eigenvalue weighted by Crippen LogP contribution is 2.40. The molecule has 0 amide bonds. The summed E-state index contributed by atoms with van der Waals surface area (Å²) in [5, 5.41) is 0. The van der Waals surface area contributed by atoms with E-state index in [1.807, 2.05) is 0 Å². The Labute approximate surface area is 108 Å². The van der Waals surface area contributed by atoms with Crippen molar-refractivity contribution in [2.75, 3.05) is 19.6 Å². The zero-order valence-electron chi connectivity index (χ0n) is 12.5. The molecule has 3 atom stereocenters. The first kappa shape index (κ1) is 15.0. The predicted octanol–water partition coefficient (Wildman–Crippen LogP) is 3.12. The third-order valence-electron chi connectivity index (χ3n) is 4.66. The van der Waals surface area contributed by atoms with Gasteiger partial charge < -0.3 is 5.73 Å². The summed E-state index contributed by atoms with van der Waals surface area (Å²) in [5.74, 6) is 2.29. The van der Waals surface area contributed by atoms with Crippen LogP contribution in [0.2, 0.25) is 0 Å². The fourth-order valence-electron chi connectivity index (χ4n) is 3.63. The Kier molecular flexibility index (Phi) is 5.46. The highest BCUT2D eigenvalue weighted by molar-refractivity contribution is 4.99. The zero-order chi connectivity index (χ0) is 13.1. The second kappa shape index (κ2) is 6.19. The van der Waals surface area contributed by atoms with Crippen molar-refractivity contribution in [1.82, 2.24) is 4.90 Å². The van der Waals surface area contributed by atoms with Crippen LogP contribution in [0.4, 0.5) is 0 Å². The van der Waals surface area contributed by atoms with Crippen molar-refractivity contribution in [2.45, 2.75) is 59.4 Å². The molecular weight excluding hydrogens is 208 g/mol. The molecule has 0 aromatic rings. The Morgan fingerprint density at radius 3 is 2.41 bits per heavy atom. The molecule has 0 aromatic heterocycles. The van der Waals surface area contributed by atoms with Crippen LogP contribution in [0.1, 0.15) is 53.9 Å². The smallest absolute Gasteiger partial charge is 0.0359 e. The predicted molar refractivity (Wildman–Crippen MR) is 76.0 cm³/mol. The van der Waals surface area contributed by atoms with Gasteiger partial charge in [0.25, 0.3) is 0 Å². The Balaban J connectivity index is 2.89. The van der Waals surface area contributed by atoms with Gasteiger partial charge in [-0.3, -0.25) is 4.90 Å². The molecule has 2 heteroatoms. The molecule has 0 heterocycles. The summed E-state index contributed by atoms with van der Waals surface area (Å²) in [4.78, 5) is 2.66. The quantitative estimate of drug-likeness (QED) is 0.800. The van der Waals surface area contributed by atoms with Crippen molar-refractivity contribution in [3.8, 4) is 0 Å². The lowest BCUT2D eigenvalue weighted by molar-refractivity contribution is -0.00744. The maximum absolute atomic E-state index is 6.20. The summed E-state index contributed by atoms with van der Waals surface area (Å²) in [6, 6.07) is 0. The molecule has 2 N–H and O–H groups in total. The molecule has 1 aliphatic carbocycles. The van der Waals surface area contributed by atoms with Crippen molar-refractivity contribution in [3.63, 3.8) is 0 Å². The molecule has 1 aliphatic rings. The molecule has 1 fully saturated rings. The molecule has 0 saturated heterocycles. The number of rotatable bonds is 5. The number of nitrogens with zero attached hydrogens (tertiary/aromatic N) is 1. The molecule has 1 rings (SSSR count). The molecule has 17 heavy (non-hydrogen) atoms. The van der Waals surface area contributed by atoms with E-state index in [1.165, 1.54) is 25.8 Å². The molecule has 0 aromatic carbocycles. The Morgan fingerprint density at radius 2 is 1.94 bits per heavy atom. The molecule has 0 aliphatic heterocycles. The lowest BCUT2D eigenvalue weighted by atomic mass is 9.68. The molecule has 0 spiro atoms. The third kappa shape index (κ3) is 3.23. The van der Waals surface area contributed by atoms with Crippen LogP contribution in [-0.4, -0.2) is 30.1 Å². The highest BCUT2D eigenvalue weighted by atomic mass is 15.2. The molecule has 102 valence electrons. The number of likely N-dealkylation sites (N-methyl/N-ethyl adjacent to an activating group) is 1. The van der Waals surface area contributed by atoms with Crippen LogP contribution in [0.25, 0.3) is 0 Å². The summed E-state index contributed by atoms with van der Waals surface area (Å²) in [6.07, 6.45) is 4.00. The number of nitrogens with two attached hydrogens (primary N) is 1. The van der Waals surface area contributed by atoms with Crippen LogP contribution in [0, 0.1) is 17.8 Å². The van der Waals surface area contributed by atoms with E-state index in [1.54, 1.807) is 0 Å². The number of hydrogen-bond acceptors (Lipinski definition) is 2. The fourth-order valence-corrected chi connectivity index (χ4v) is 3.63. The standard InChI is InChI=1S/C15H32N2/c1-6-17(10-12(2)3)15(11-16)9-13(4)7-8-14(15)5/h12-14H,6-11,16H2,1-5H3. The van der Waals surface area contributed by atoms with Crippen LogP contribution < -0.4 is 5.73 Å². The normalized spacial score (nSPS) is 34.6. The number of hydrogen-bond donors (Lipinski definition) is 1. The SMILES string of the molecule is CCN(CC(C)C)C1(CN)CC(C)CCC1C. The lowest BCUT2D eigenvalue weighted by Gasteiger charge is -2.52. The summed E-state index contributed by atoms with van der Waals surface area (Å²) >= 11 is 0. The maximum Gasteiger partial charge on any atom is 0.0359 e. The van der Waals surface area contributed by atoms with Gasteiger partial charge in [-0.15, -0.1) is 0 Å². The van der Waals surface area contributed by atoms with E-state index in [2.05, 4.69) is 39.5 Å². The minimum absolute atomic E-state index is 0.261. The van der Waals surface area contributed by atoms with E-state index in [0.29, 0.717) is 0 Å². The molecule has 2 nitrogen and oxygen atoms in total. The molecule has 0 bridgehead atoms. The minimum atomic E-state index is 0.261. The molecule has 1 saturated carbocycles. The average Bonchev–Trinajstić information content (AvgIpc) is 2.29. The van der Waals surface area contributed by atoms with Gasteiger partial charge in [0.1, 0.15) is 0 Å². The monoisotopic (exact) mass is 240 g/mol. The average molecular weight is 240 g/mol. The third-order valence-corrected chi connectivity index (χ3v) is 4.66. The zero-order valence-corrected chi connectivity index (χ0v) is 12.5. The first-order valence-electron chi connectivity index (χ1n) is 7.41. The second-order valence-electron chi connectivity index (χ2n) is 6.53. The van der Waals surface area contributed by atoms with E-state index >= 15 is 0 Å². The molecule has 0 radical (unpaired) electrons. The first-order valence-corrected chi connectivity index (χ1v) is 7.41. The Hall–Kier alpha value is -0.0800. The van der Waals surface area contributed by atoms with Crippen molar-refractivity contribution in [1.29, 1.82) is 0 Å². The van der Waals surface area contributed by atoms with E-state index < -0.39 is 0 Å². The topological polar surface area (TPSA) is 29.3 Å². The largest absolute Gasteiger partial charge is 0.329 e. The van der Waals surface area contributed by atoms with Gasteiger partial charge in [0.2, 0.25) is 0 Å². The summed E-state index contributed by atoms with van der Waals surface area (Å²) in [7, 11) is 0. The van der Waals surface area contributed by atoms with Gasteiger partial charge in [-0.1, -0.05) is 41.0 Å². The summed E-state index contributed by atoms with van der Waals surface area (Å²) in [6.45, 7) is 14.8. The van der Waals surface area contributed by atoms with E-state index in [-0.39, 0.29) is 5.54 Å². The van der Waals surface area contributed by atoms with Gasteiger partial charge in [-0.2, -0.15) is 0 Å². The van der Waals surface area contributed by atoms with Gasteiger partial charge >= 0.3 is 0 Å². The van der Waals surface area contributed by atoms with Crippen LogP contribution in [0.5, 0.6) is 0 Å². The van der Waals surface area contributed by atoms with Gasteiger partial charge in [0, 0.05) is 18.6 Å². The molecular formula is C15H32N2. The van der Waals surface area contributed by atoms with Crippen LogP contribution in [0.3, 0.4) is 0 Å². The fraction of sp³-hybridized carbons (Fsp3) is 1.00. The molecule has 3 unspecified atom stereocenters. The highest BCUT2D eigenvalue weighted by Gasteiger charge is 2.43. The maximum atomic E-state index is 6.20. The first-order chi connectivity index (χ1) is 7.96. The Bertz CT molecular complexity index is 227. The van der Waals surface area contributed by atoms with E-state index in [0.717, 1.165) is 30.8 Å². The van der Waals surface area contributed by atoms with E-state index in [9.17, 15) is 0 Å². The van der Waals surface area contributed by atoms with Gasteiger partial charge in [0.15, 0.2) is 0 Å². The summed E-state index contributed by atoms with van der Waals surface area (Å²) < 4.78 is 0. The lowest BCUT2D eigenvalue weighted by Crippen LogP contribution is -2.61. The van der Waals surface area contributed by atoms with E-state index in [4.69, 9.17) is 5.73 Å². The minimum Gasteiger partial charge on any atom is -0.329 e. The van der Waals surface area contributed by atoms with Crippen molar-refractivity contribution in [3.05, 3.63) is 0 Å². The van der Waals surface area contributed by atoms with Crippen LogP contribution in [-0.2, 0) is 0 Å². The van der Waals surface area contributed by atoms with Gasteiger partial charge in [-0.05, 0) is 37.1 Å². The van der Waals surface area contributed by atoms with Crippen LogP contribution in [0.15, 0.2) is 0 Å². The van der Waals surface area contributed by atoms with Crippen molar-refractivity contribution in [2.24, 2.45) is 23.5 Å². The Morgan fingerprint density at radius 1 is 1.29 bits per heavy atom. The van der Waals surface area contributed by atoms with Gasteiger partial charge in [-0.25, -0.2) is 0 Å². The van der Waals surface area contributed by atoms with Crippen molar-refractivity contribution >= 4 is 0 Å². The summed E-state index contributed by atoms with van der Waals surface area (Å²) in [5.41, 5.74) is 6.46. The van der Waals surface area contributed by atoms with Crippen molar-refractivity contribution < 1.29 is 0 Å². The second-order valence-corrected chi connectivity index (χ2v) is 6.53.